The molecule has 5 atom stereocenters. The zero-order valence-corrected chi connectivity index (χ0v) is 15.8. The summed E-state index contributed by atoms with van der Waals surface area (Å²) in [5, 5.41) is 19.7. The fourth-order valence-corrected chi connectivity index (χ4v) is 3.03. The van der Waals surface area contributed by atoms with Crippen LogP contribution >= 0.6 is 0 Å². The highest BCUT2D eigenvalue weighted by Crippen LogP contribution is 2.23. The molecule has 4 N–H and O–H groups in total. The molecule has 0 radical (unpaired) electrons. The average molecular weight is 360 g/mol. The first-order valence-electron chi connectivity index (χ1n) is 9.73. The SMILES string of the molecule is CC=CO[C@H]1O[C@H](CO)[C@@H](O)[C@H](OCCCCCCCCCC)C1N. The molecule has 0 aromatic rings. The van der Waals surface area contributed by atoms with E-state index in [9.17, 15) is 10.2 Å². The van der Waals surface area contributed by atoms with E-state index in [4.69, 9.17) is 19.9 Å². The van der Waals surface area contributed by atoms with Gasteiger partial charge >= 0.3 is 0 Å². The van der Waals surface area contributed by atoms with Crippen LogP contribution in [0.15, 0.2) is 12.3 Å². The summed E-state index contributed by atoms with van der Waals surface area (Å²) >= 11 is 0. The van der Waals surface area contributed by atoms with Crippen LogP contribution in [0.5, 0.6) is 0 Å². The smallest absolute Gasteiger partial charge is 0.217 e. The summed E-state index contributed by atoms with van der Waals surface area (Å²) in [5.41, 5.74) is 6.13. The zero-order valence-electron chi connectivity index (χ0n) is 15.8. The number of aliphatic hydroxyl groups excluding tert-OH is 2. The minimum atomic E-state index is -0.959. The Morgan fingerprint density at radius 2 is 1.72 bits per heavy atom. The molecule has 0 aliphatic carbocycles. The standard InChI is InChI=1S/C19H37NO5/c1-3-5-6-7-8-9-10-11-13-23-18-16(20)19(24-12-4-2)25-15(14-21)17(18)22/h4,12,15-19,21-22H,3,5-11,13-14,20H2,1-2H3/t15-,16?,17-,18-,19+/m1/s1. The van der Waals surface area contributed by atoms with Gasteiger partial charge in [0, 0.05) is 6.61 Å². The summed E-state index contributed by atoms with van der Waals surface area (Å²) < 4.78 is 16.7. The number of nitrogens with two attached hydrogens (primary N) is 1. The van der Waals surface area contributed by atoms with Gasteiger partial charge in [-0.05, 0) is 13.3 Å². The van der Waals surface area contributed by atoms with Crippen molar-refractivity contribution in [2.24, 2.45) is 5.73 Å². The van der Waals surface area contributed by atoms with E-state index >= 15 is 0 Å². The fraction of sp³-hybridized carbons (Fsp3) is 0.895. The van der Waals surface area contributed by atoms with Crippen LogP contribution in [0.4, 0.5) is 0 Å². The Morgan fingerprint density at radius 1 is 1.08 bits per heavy atom. The van der Waals surface area contributed by atoms with E-state index < -0.39 is 30.6 Å². The van der Waals surface area contributed by atoms with Gasteiger partial charge < -0.3 is 30.2 Å². The molecule has 25 heavy (non-hydrogen) atoms. The fourth-order valence-electron chi connectivity index (χ4n) is 3.03. The van der Waals surface area contributed by atoms with Gasteiger partial charge in [-0.15, -0.1) is 0 Å². The maximum absolute atomic E-state index is 10.3. The van der Waals surface area contributed by atoms with Crippen LogP contribution in [0, 0.1) is 0 Å². The number of ether oxygens (including phenoxy) is 3. The van der Waals surface area contributed by atoms with Crippen molar-refractivity contribution < 1.29 is 24.4 Å². The number of allylic oxidation sites excluding steroid dienone is 1. The molecule has 0 amide bonds. The first-order valence-corrected chi connectivity index (χ1v) is 9.73. The third kappa shape index (κ3) is 8.05. The lowest BCUT2D eigenvalue weighted by Crippen LogP contribution is -2.63. The minimum absolute atomic E-state index is 0.304. The van der Waals surface area contributed by atoms with Gasteiger partial charge in [0.15, 0.2) is 0 Å². The van der Waals surface area contributed by atoms with Crippen molar-refractivity contribution in [3.05, 3.63) is 12.3 Å². The molecule has 1 heterocycles. The second-order valence-electron chi connectivity index (χ2n) is 6.71. The first kappa shape index (κ1) is 22.4. The van der Waals surface area contributed by atoms with Gasteiger partial charge in [-0.3, -0.25) is 0 Å². The zero-order chi connectivity index (χ0) is 18.5. The minimum Gasteiger partial charge on any atom is -0.471 e. The first-order chi connectivity index (χ1) is 12.2. The lowest BCUT2D eigenvalue weighted by atomic mass is 9.97. The van der Waals surface area contributed by atoms with E-state index in [0.29, 0.717) is 6.61 Å². The predicted molar refractivity (Wildman–Crippen MR) is 98.0 cm³/mol. The Morgan fingerprint density at radius 3 is 2.32 bits per heavy atom. The van der Waals surface area contributed by atoms with Crippen molar-refractivity contribution in [1.29, 1.82) is 0 Å². The van der Waals surface area contributed by atoms with E-state index in [1.807, 2.05) is 6.92 Å². The molecular weight excluding hydrogens is 322 g/mol. The molecular formula is C19H37NO5. The van der Waals surface area contributed by atoms with Gasteiger partial charge in [-0.2, -0.15) is 0 Å². The number of aliphatic hydroxyl groups is 2. The van der Waals surface area contributed by atoms with Crippen LogP contribution in [0.3, 0.4) is 0 Å². The molecule has 0 spiro atoms. The second kappa shape index (κ2) is 13.5. The van der Waals surface area contributed by atoms with E-state index in [1.54, 1.807) is 6.08 Å². The van der Waals surface area contributed by atoms with Crippen LogP contribution in [-0.4, -0.2) is 54.1 Å². The van der Waals surface area contributed by atoms with Crippen LogP contribution in [0.25, 0.3) is 0 Å². The lowest BCUT2D eigenvalue weighted by Gasteiger charge is -2.42. The highest BCUT2D eigenvalue weighted by Gasteiger charge is 2.44. The quantitative estimate of drug-likeness (QED) is 0.345. The summed E-state index contributed by atoms with van der Waals surface area (Å²) in [6, 6.07) is -0.608. The summed E-state index contributed by atoms with van der Waals surface area (Å²) in [4.78, 5) is 0. The molecule has 0 aromatic heterocycles. The van der Waals surface area contributed by atoms with E-state index in [1.165, 1.54) is 44.8 Å². The Bertz CT molecular complexity index is 353. The molecule has 6 nitrogen and oxygen atoms in total. The van der Waals surface area contributed by atoms with E-state index in [-0.39, 0.29) is 6.61 Å². The molecule has 148 valence electrons. The Kier molecular flexibility index (Phi) is 12.1. The predicted octanol–water partition coefficient (Wildman–Crippen LogP) is 2.47. The average Bonchev–Trinajstić information content (AvgIpc) is 2.62. The summed E-state index contributed by atoms with van der Waals surface area (Å²) in [6.45, 7) is 4.28. The summed E-state index contributed by atoms with van der Waals surface area (Å²) in [7, 11) is 0. The normalized spacial score (nSPS) is 30.0. The number of rotatable bonds is 13. The highest BCUT2D eigenvalue weighted by atomic mass is 16.7. The highest BCUT2D eigenvalue weighted by molar-refractivity contribution is 4.93. The van der Waals surface area contributed by atoms with Crippen molar-refractivity contribution in [3.8, 4) is 0 Å². The number of unbranched alkanes of at least 4 members (excludes halogenated alkanes) is 7. The Hall–Kier alpha value is -0.660. The molecule has 1 saturated heterocycles. The number of hydrogen-bond donors (Lipinski definition) is 3. The van der Waals surface area contributed by atoms with Crippen LogP contribution < -0.4 is 5.73 Å². The maximum atomic E-state index is 10.3. The van der Waals surface area contributed by atoms with Gasteiger partial charge in [-0.25, -0.2) is 0 Å². The van der Waals surface area contributed by atoms with E-state index in [2.05, 4.69) is 6.92 Å². The molecule has 1 rings (SSSR count). The molecule has 0 aromatic carbocycles. The van der Waals surface area contributed by atoms with Gasteiger partial charge in [0.2, 0.25) is 6.29 Å². The van der Waals surface area contributed by atoms with Crippen molar-refractivity contribution in [2.75, 3.05) is 13.2 Å². The topological polar surface area (TPSA) is 94.2 Å². The molecule has 1 unspecified atom stereocenters. The summed E-state index contributed by atoms with van der Waals surface area (Å²) in [6.07, 6.45) is 9.93. The van der Waals surface area contributed by atoms with Crippen molar-refractivity contribution in [1.82, 2.24) is 0 Å². The molecule has 0 bridgehead atoms. The second-order valence-corrected chi connectivity index (χ2v) is 6.71. The van der Waals surface area contributed by atoms with Crippen molar-refractivity contribution in [2.45, 2.75) is 95.9 Å². The molecule has 6 heteroatoms. The lowest BCUT2D eigenvalue weighted by molar-refractivity contribution is -0.258. The Labute approximate surface area is 152 Å². The Balaban J connectivity index is 2.30. The third-order valence-electron chi connectivity index (χ3n) is 4.56. The molecule has 0 saturated carbocycles. The molecule has 1 aliphatic rings. The number of hydrogen-bond acceptors (Lipinski definition) is 6. The van der Waals surface area contributed by atoms with Crippen LogP contribution in [0.1, 0.15) is 65.2 Å². The van der Waals surface area contributed by atoms with Crippen molar-refractivity contribution in [3.63, 3.8) is 0 Å². The van der Waals surface area contributed by atoms with Gasteiger partial charge in [-0.1, -0.05) is 57.9 Å². The summed E-state index contributed by atoms with van der Waals surface area (Å²) in [5.74, 6) is 0. The van der Waals surface area contributed by atoms with Gasteiger partial charge in [0.05, 0.1) is 18.9 Å². The van der Waals surface area contributed by atoms with E-state index in [0.717, 1.165) is 12.8 Å². The van der Waals surface area contributed by atoms with Gasteiger partial charge in [0.1, 0.15) is 18.3 Å². The third-order valence-corrected chi connectivity index (χ3v) is 4.56. The maximum Gasteiger partial charge on any atom is 0.217 e. The molecule has 1 aliphatic heterocycles. The van der Waals surface area contributed by atoms with Crippen LogP contribution in [-0.2, 0) is 14.2 Å². The van der Waals surface area contributed by atoms with Crippen molar-refractivity contribution >= 4 is 0 Å². The molecule has 1 fully saturated rings. The van der Waals surface area contributed by atoms with Gasteiger partial charge in [0.25, 0.3) is 0 Å². The monoisotopic (exact) mass is 359 g/mol. The van der Waals surface area contributed by atoms with Crippen LogP contribution in [0.2, 0.25) is 0 Å². The largest absolute Gasteiger partial charge is 0.471 e.